The molecule has 1 aromatic carbocycles. The number of carbonyl (C=O) groups is 3. The summed E-state index contributed by atoms with van der Waals surface area (Å²) < 4.78 is 10.8. The first kappa shape index (κ1) is 23.4. The van der Waals surface area contributed by atoms with Crippen molar-refractivity contribution in [3.63, 3.8) is 0 Å². The molecule has 2 aromatic rings. The molecule has 0 bridgehead atoms. The van der Waals surface area contributed by atoms with Gasteiger partial charge in [0.05, 0.1) is 18.8 Å². The van der Waals surface area contributed by atoms with Crippen LogP contribution in [0.3, 0.4) is 0 Å². The number of piperidine rings is 1. The topological polar surface area (TPSA) is 101 Å². The lowest BCUT2D eigenvalue weighted by Gasteiger charge is -2.31. The molecule has 0 aliphatic carbocycles. The van der Waals surface area contributed by atoms with Gasteiger partial charge >= 0.3 is 0 Å². The van der Waals surface area contributed by atoms with E-state index in [9.17, 15) is 14.4 Å². The van der Waals surface area contributed by atoms with Crippen molar-refractivity contribution in [3.05, 3.63) is 54.0 Å². The van der Waals surface area contributed by atoms with Crippen LogP contribution in [-0.2, 0) is 4.79 Å². The van der Waals surface area contributed by atoms with E-state index < -0.39 is 11.8 Å². The summed E-state index contributed by atoms with van der Waals surface area (Å²) in [6.45, 7) is 3.68. The van der Waals surface area contributed by atoms with Crippen molar-refractivity contribution in [2.24, 2.45) is 5.92 Å². The third-order valence-corrected chi connectivity index (χ3v) is 5.49. The highest BCUT2D eigenvalue weighted by atomic mass is 16.5. The Kier molecular flexibility index (Phi) is 8.71. The summed E-state index contributed by atoms with van der Waals surface area (Å²) >= 11 is 0. The second kappa shape index (κ2) is 11.9. The van der Waals surface area contributed by atoms with Crippen LogP contribution in [0.15, 0.2) is 47.1 Å². The SMILES string of the molecule is CCCCCCOc1ccc(C(=O)NNC(=O)C2CCCN(C(=O)c3ccco3)C2)cc1. The molecule has 1 unspecified atom stereocenters. The van der Waals surface area contributed by atoms with Crippen LogP contribution in [0.2, 0.25) is 0 Å². The molecule has 2 N–H and O–H groups in total. The molecule has 2 heterocycles. The third kappa shape index (κ3) is 6.60. The van der Waals surface area contributed by atoms with Gasteiger partial charge in [-0.05, 0) is 55.7 Å². The van der Waals surface area contributed by atoms with Gasteiger partial charge in [-0.2, -0.15) is 0 Å². The van der Waals surface area contributed by atoms with Gasteiger partial charge in [0.2, 0.25) is 5.91 Å². The molecule has 1 aliphatic rings. The predicted octanol–water partition coefficient (Wildman–Crippen LogP) is 3.55. The number of likely N-dealkylation sites (tertiary alicyclic amines) is 1. The quantitative estimate of drug-likeness (QED) is 0.458. The number of carbonyl (C=O) groups excluding carboxylic acids is 3. The molecule has 32 heavy (non-hydrogen) atoms. The van der Waals surface area contributed by atoms with Crippen molar-refractivity contribution >= 4 is 17.7 Å². The number of rotatable bonds is 9. The van der Waals surface area contributed by atoms with E-state index in [4.69, 9.17) is 9.15 Å². The number of ether oxygens (including phenoxy) is 1. The molecule has 0 spiro atoms. The Labute approximate surface area is 188 Å². The van der Waals surface area contributed by atoms with Gasteiger partial charge in [0.1, 0.15) is 5.75 Å². The van der Waals surface area contributed by atoms with Gasteiger partial charge in [0.25, 0.3) is 11.8 Å². The molecule has 8 heteroatoms. The molecule has 3 rings (SSSR count). The second-order valence-electron chi connectivity index (χ2n) is 7.94. The van der Waals surface area contributed by atoms with E-state index in [-0.39, 0.29) is 24.1 Å². The Morgan fingerprint density at radius 3 is 2.62 bits per heavy atom. The van der Waals surface area contributed by atoms with E-state index in [0.717, 1.165) is 12.8 Å². The van der Waals surface area contributed by atoms with E-state index in [1.54, 1.807) is 41.3 Å². The maximum absolute atomic E-state index is 12.5. The monoisotopic (exact) mass is 441 g/mol. The zero-order valence-electron chi connectivity index (χ0n) is 18.5. The van der Waals surface area contributed by atoms with Gasteiger partial charge in [-0.3, -0.25) is 25.2 Å². The number of furan rings is 1. The van der Waals surface area contributed by atoms with Gasteiger partial charge < -0.3 is 14.1 Å². The van der Waals surface area contributed by atoms with Crippen molar-refractivity contribution in [3.8, 4) is 5.75 Å². The third-order valence-electron chi connectivity index (χ3n) is 5.49. The number of hydrogen-bond donors (Lipinski definition) is 2. The fourth-order valence-corrected chi connectivity index (χ4v) is 3.65. The van der Waals surface area contributed by atoms with Crippen LogP contribution in [0.5, 0.6) is 5.75 Å². The van der Waals surface area contributed by atoms with Gasteiger partial charge in [-0.15, -0.1) is 0 Å². The minimum atomic E-state index is -0.410. The van der Waals surface area contributed by atoms with Crippen LogP contribution < -0.4 is 15.6 Å². The lowest BCUT2D eigenvalue weighted by molar-refractivity contribution is -0.127. The van der Waals surface area contributed by atoms with Crippen molar-refractivity contribution < 1.29 is 23.5 Å². The predicted molar refractivity (Wildman–Crippen MR) is 119 cm³/mol. The van der Waals surface area contributed by atoms with Crippen LogP contribution in [-0.4, -0.2) is 42.3 Å². The maximum atomic E-state index is 12.5. The fraction of sp³-hybridized carbons (Fsp3) is 0.458. The average Bonchev–Trinajstić information content (AvgIpc) is 3.37. The molecule has 8 nitrogen and oxygen atoms in total. The van der Waals surface area contributed by atoms with Crippen LogP contribution in [0.25, 0.3) is 0 Å². The van der Waals surface area contributed by atoms with E-state index in [2.05, 4.69) is 17.8 Å². The number of nitrogens with one attached hydrogen (secondary N) is 2. The molecule has 1 saturated heterocycles. The van der Waals surface area contributed by atoms with E-state index in [1.165, 1.54) is 19.1 Å². The summed E-state index contributed by atoms with van der Waals surface area (Å²) in [7, 11) is 0. The lowest BCUT2D eigenvalue weighted by Crippen LogP contribution is -2.50. The van der Waals surface area contributed by atoms with Gasteiger partial charge in [0, 0.05) is 18.7 Å². The molecular weight excluding hydrogens is 410 g/mol. The highest BCUT2D eigenvalue weighted by Crippen LogP contribution is 2.19. The van der Waals surface area contributed by atoms with E-state index in [0.29, 0.717) is 37.3 Å². The minimum absolute atomic E-state index is 0.232. The van der Waals surface area contributed by atoms with E-state index >= 15 is 0 Å². The highest BCUT2D eigenvalue weighted by Gasteiger charge is 2.30. The van der Waals surface area contributed by atoms with Crippen molar-refractivity contribution in [2.75, 3.05) is 19.7 Å². The Hall–Kier alpha value is -3.29. The zero-order valence-corrected chi connectivity index (χ0v) is 18.5. The number of nitrogens with zero attached hydrogens (tertiary/aromatic N) is 1. The Morgan fingerprint density at radius 2 is 1.91 bits per heavy atom. The Bertz CT molecular complexity index is 880. The van der Waals surface area contributed by atoms with Crippen LogP contribution in [0, 0.1) is 5.92 Å². The summed E-state index contributed by atoms with van der Waals surface area (Å²) in [6, 6.07) is 10.1. The lowest BCUT2D eigenvalue weighted by atomic mass is 9.97. The fourth-order valence-electron chi connectivity index (χ4n) is 3.65. The molecule has 3 amide bonds. The normalized spacial score (nSPS) is 15.8. The number of unbranched alkanes of at least 4 members (excludes halogenated alkanes) is 3. The largest absolute Gasteiger partial charge is 0.494 e. The zero-order chi connectivity index (χ0) is 22.8. The van der Waals surface area contributed by atoms with Crippen LogP contribution >= 0.6 is 0 Å². The second-order valence-corrected chi connectivity index (χ2v) is 7.94. The number of amides is 3. The molecule has 1 atom stereocenters. The summed E-state index contributed by atoms with van der Waals surface area (Å²) in [6.07, 6.45) is 7.34. The maximum Gasteiger partial charge on any atom is 0.289 e. The first-order valence-electron chi connectivity index (χ1n) is 11.2. The molecule has 172 valence electrons. The van der Waals surface area contributed by atoms with Crippen molar-refractivity contribution in [1.82, 2.24) is 15.8 Å². The van der Waals surface area contributed by atoms with Crippen LogP contribution in [0.4, 0.5) is 0 Å². The Morgan fingerprint density at radius 1 is 1.09 bits per heavy atom. The van der Waals surface area contributed by atoms with Gasteiger partial charge in [-0.1, -0.05) is 26.2 Å². The van der Waals surface area contributed by atoms with E-state index in [1.807, 2.05) is 0 Å². The van der Waals surface area contributed by atoms with Gasteiger partial charge in [-0.25, -0.2) is 0 Å². The summed E-state index contributed by atoms with van der Waals surface area (Å²) in [5, 5.41) is 0. The average molecular weight is 442 g/mol. The summed E-state index contributed by atoms with van der Waals surface area (Å²) in [5.74, 6) is -0.386. The molecule has 1 aliphatic heterocycles. The standard InChI is InChI=1S/C24H31N3O5/c1-2-3-4-5-15-31-20-12-10-18(11-13-20)22(28)25-26-23(29)19-8-6-14-27(17-19)24(30)21-9-7-16-32-21/h7,9-13,16,19H,2-6,8,14-15,17H2,1H3,(H,25,28)(H,26,29). The highest BCUT2D eigenvalue weighted by molar-refractivity contribution is 5.96. The summed E-state index contributed by atoms with van der Waals surface area (Å²) in [5.41, 5.74) is 5.35. The molecule has 1 fully saturated rings. The number of hydrazine groups is 1. The van der Waals surface area contributed by atoms with Crippen molar-refractivity contribution in [1.29, 1.82) is 0 Å². The number of hydrogen-bond acceptors (Lipinski definition) is 5. The molecule has 0 saturated carbocycles. The smallest absolute Gasteiger partial charge is 0.289 e. The Balaban J connectivity index is 1.43. The molecular formula is C24H31N3O5. The first-order valence-corrected chi connectivity index (χ1v) is 11.2. The van der Waals surface area contributed by atoms with Crippen molar-refractivity contribution in [2.45, 2.75) is 45.4 Å². The minimum Gasteiger partial charge on any atom is -0.494 e. The number of benzene rings is 1. The van der Waals surface area contributed by atoms with Crippen LogP contribution in [0.1, 0.15) is 66.4 Å². The summed E-state index contributed by atoms with van der Waals surface area (Å²) in [4.78, 5) is 38.9. The van der Waals surface area contributed by atoms with Gasteiger partial charge in [0.15, 0.2) is 5.76 Å². The first-order chi connectivity index (χ1) is 15.6. The molecule has 0 radical (unpaired) electrons. The molecule has 1 aromatic heterocycles.